The van der Waals surface area contributed by atoms with Crippen molar-refractivity contribution in [3.63, 3.8) is 0 Å². The predicted molar refractivity (Wildman–Crippen MR) is 106 cm³/mol. The van der Waals surface area contributed by atoms with E-state index in [9.17, 15) is 13.2 Å². The van der Waals surface area contributed by atoms with E-state index < -0.39 is 15.9 Å². The molecule has 0 radical (unpaired) electrons. The van der Waals surface area contributed by atoms with Gasteiger partial charge in [-0.2, -0.15) is 4.31 Å². The van der Waals surface area contributed by atoms with E-state index in [0.717, 1.165) is 15.4 Å². The molecule has 0 saturated carbocycles. The third-order valence-corrected chi connectivity index (χ3v) is 5.93. The van der Waals surface area contributed by atoms with Crippen LogP contribution in [-0.4, -0.2) is 50.5 Å². The predicted octanol–water partition coefficient (Wildman–Crippen LogP) is 1.69. The van der Waals surface area contributed by atoms with Gasteiger partial charge in [-0.25, -0.2) is 8.42 Å². The number of ether oxygens (including phenoxy) is 1. The highest BCUT2D eigenvalue weighted by atomic mass is 32.2. The highest BCUT2D eigenvalue weighted by Gasteiger charge is 2.29. The number of methoxy groups -OCH3 is 1. The number of carbonyl (C=O) groups is 1. The van der Waals surface area contributed by atoms with Gasteiger partial charge in [0.25, 0.3) is 0 Å². The Hall–Kier alpha value is -2.42. The first-order valence-electron chi connectivity index (χ1n) is 8.94. The van der Waals surface area contributed by atoms with Crippen molar-refractivity contribution in [1.29, 1.82) is 0 Å². The molecule has 7 nitrogen and oxygen atoms in total. The van der Waals surface area contributed by atoms with Crippen molar-refractivity contribution in [2.75, 3.05) is 26.8 Å². The lowest BCUT2D eigenvalue weighted by Crippen LogP contribution is -2.40. The zero-order valence-corrected chi connectivity index (χ0v) is 16.9. The van der Waals surface area contributed by atoms with Crippen LogP contribution in [0.3, 0.4) is 0 Å². The number of nitrogens with zero attached hydrogens (tertiary/aromatic N) is 1. The van der Waals surface area contributed by atoms with Crippen LogP contribution >= 0.6 is 0 Å². The monoisotopic (exact) mass is 406 g/mol. The SMILES string of the molecule is COc1ccc(C)cc1S(=O)(=O)N(CC(=O)NCCCO)Cc1ccccc1. The number of nitrogens with one attached hydrogen (secondary N) is 1. The summed E-state index contributed by atoms with van der Waals surface area (Å²) in [5.74, 6) is -0.205. The number of aliphatic hydroxyl groups is 1. The Balaban J connectivity index is 2.36. The molecule has 0 saturated heterocycles. The van der Waals surface area contributed by atoms with Crippen molar-refractivity contribution >= 4 is 15.9 Å². The van der Waals surface area contributed by atoms with E-state index in [0.29, 0.717) is 6.42 Å². The average Bonchev–Trinajstić information content (AvgIpc) is 2.68. The molecular formula is C20H26N2O5S. The minimum atomic E-state index is -3.99. The Morgan fingerprint density at radius 2 is 1.89 bits per heavy atom. The van der Waals surface area contributed by atoms with Crippen molar-refractivity contribution in [1.82, 2.24) is 9.62 Å². The molecule has 152 valence electrons. The standard InChI is InChI=1S/C20H26N2O5S/c1-16-9-10-18(27-2)19(13-16)28(25,26)22(14-17-7-4-3-5-8-17)15-20(24)21-11-6-12-23/h3-5,7-10,13,23H,6,11-12,14-15H2,1-2H3,(H,21,24). The van der Waals surface area contributed by atoms with Crippen molar-refractivity contribution in [2.24, 2.45) is 0 Å². The molecule has 8 heteroatoms. The number of hydrogen-bond acceptors (Lipinski definition) is 5. The summed E-state index contributed by atoms with van der Waals surface area (Å²) in [6.45, 7) is 1.74. The number of carbonyl (C=O) groups excluding carboxylic acids is 1. The normalized spacial score (nSPS) is 11.4. The van der Waals surface area contributed by atoms with Crippen molar-refractivity contribution in [3.8, 4) is 5.75 Å². The molecule has 0 fully saturated rings. The van der Waals surface area contributed by atoms with Crippen molar-refractivity contribution in [3.05, 3.63) is 59.7 Å². The Kier molecular flexibility index (Phi) is 7.98. The quantitative estimate of drug-likeness (QED) is 0.586. The third-order valence-electron chi connectivity index (χ3n) is 4.12. The number of amides is 1. The smallest absolute Gasteiger partial charge is 0.247 e. The molecular weight excluding hydrogens is 380 g/mol. The second-order valence-electron chi connectivity index (χ2n) is 6.34. The van der Waals surface area contributed by atoms with Crippen LogP contribution in [0.5, 0.6) is 5.75 Å². The first kappa shape index (κ1) is 21.9. The lowest BCUT2D eigenvalue weighted by molar-refractivity contribution is -0.121. The maximum Gasteiger partial charge on any atom is 0.247 e. The molecule has 2 rings (SSSR count). The number of benzene rings is 2. The average molecular weight is 407 g/mol. The summed E-state index contributed by atoms with van der Waals surface area (Å²) in [4.78, 5) is 12.3. The number of aryl methyl sites for hydroxylation is 1. The zero-order chi connectivity index (χ0) is 20.6. The lowest BCUT2D eigenvalue weighted by atomic mass is 10.2. The minimum absolute atomic E-state index is 0.0223. The van der Waals surface area contributed by atoms with Gasteiger partial charge in [0.15, 0.2) is 0 Å². The summed E-state index contributed by atoms with van der Waals surface area (Å²) < 4.78 is 33.1. The summed E-state index contributed by atoms with van der Waals surface area (Å²) in [6.07, 6.45) is 0.406. The fourth-order valence-corrected chi connectivity index (χ4v) is 4.29. The Bertz CT molecular complexity index is 885. The maximum absolute atomic E-state index is 13.4. The topological polar surface area (TPSA) is 95.9 Å². The maximum atomic E-state index is 13.4. The Morgan fingerprint density at radius 3 is 2.54 bits per heavy atom. The summed E-state index contributed by atoms with van der Waals surface area (Å²) >= 11 is 0. The lowest BCUT2D eigenvalue weighted by Gasteiger charge is -2.23. The van der Waals surface area contributed by atoms with Crippen LogP contribution in [0, 0.1) is 6.92 Å². The van der Waals surface area contributed by atoms with Gasteiger partial charge in [-0.3, -0.25) is 4.79 Å². The molecule has 0 spiro atoms. The largest absolute Gasteiger partial charge is 0.495 e. The molecule has 28 heavy (non-hydrogen) atoms. The van der Waals surface area contributed by atoms with Crippen LogP contribution in [0.2, 0.25) is 0 Å². The molecule has 0 unspecified atom stereocenters. The molecule has 0 aliphatic rings. The summed E-state index contributed by atoms with van der Waals surface area (Å²) in [5, 5.41) is 11.5. The highest BCUT2D eigenvalue weighted by Crippen LogP contribution is 2.28. The van der Waals surface area contributed by atoms with Gasteiger partial charge in [-0.05, 0) is 36.6 Å². The second-order valence-corrected chi connectivity index (χ2v) is 8.25. The van der Waals surface area contributed by atoms with Crippen molar-refractivity contribution < 1.29 is 23.1 Å². The van der Waals surface area contributed by atoms with Gasteiger partial charge < -0.3 is 15.2 Å². The Morgan fingerprint density at radius 1 is 1.18 bits per heavy atom. The molecule has 2 aromatic carbocycles. The van der Waals surface area contributed by atoms with Crippen LogP contribution in [0.4, 0.5) is 0 Å². The molecule has 2 N–H and O–H groups in total. The first-order chi connectivity index (χ1) is 13.4. The molecule has 0 aliphatic carbocycles. The van der Waals surface area contributed by atoms with Crippen molar-refractivity contribution in [2.45, 2.75) is 24.8 Å². The highest BCUT2D eigenvalue weighted by molar-refractivity contribution is 7.89. The molecule has 1 amide bonds. The minimum Gasteiger partial charge on any atom is -0.495 e. The number of sulfonamides is 1. The molecule has 0 aromatic heterocycles. The van der Waals surface area contributed by atoms with E-state index in [1.807, 2.05) is 18.2 Å². The first-order valence-corrected chi connectivity index (χ1v) is 10.4. The van der Waals surface area contributed by atoms with Gasteiger partial charge >= 0.3 is 0 Å². The van der Waals surface area contributed by atoms with Crippen LogP contribution in [0.1, 0.15) is 17.5 Å². The fourth-order valence-electron chi connectivity index (χ4n) is 2.66. The van der Waals surface area contributed by atoms with E-state index in [-0.39, 0.29) is 36.9 Å². The van der Waals surface area contributed by atoms with Gasteiger partial charge in [0, 0.05) is 19.7 Å². The zero-order valence-electron chi connectivity index (χ0n) is 16.1. The summed E-state index contributed by atoms with van der Waals surface area (Å²) in [6, 6.07) is 14.0. The third kappa shape index (κ3) is 5.79. The molecule has 0 bridgehead atoms. The fraction of sp³-hybridized carbons (Fsp3) is 0.350. The number of hydrogen-bond donors (Lipinski definition) is 2. The van der Waals surface area contributed by atoms with E-state index >= 15 is 0 Å². The molecule has 2 aromatic rings. The van der Waals surface area contributed by atoms with Crippen LogP contribution < -0.4 is 10.1 Å². The van der Waals surface area contributed by atoms with Gasteiger partial charge in [0.05, 0.1) is 13.7 Å². The van der Waals surface area contributed by atoms with E-state index in [4.69, 9.17) is 9.84 Å². The van der Waals surface area contributed by atoms with Crippen LogP contribution in [0.15, 0.2) is 53.4 Å². The van der Waals surface area contributed by atoms with E-state index in [1.165, 1.54) is 13.2 Å². The second kappa shape index (κ2) is 10.2. The number of rotatable bonds is 10. The Labute approximate surface area is 166 Å². The molecule has 0 heterocycles. The molecule has 0 aliphatic heterocycles. The van der Waals surface area contributed by atoms with Crippen LogP contribution in [-0.2, 0) is 21.4 Å². The summed E-state index contributed by atoms with van der Waals surface area (Å²) in [5.41, 5.74) is 1.53. The van der Waals surface area contributed by atoms with Gasteiger partial charge in [-0.1, -0.05) is 36.4 Å². The number of aliphatic hydroxyl groups excluding tert-OH is 1. The van der Waals surface area contributed by atoms with Gasteiger partial charge in [0.2, 0.25) is 15.9 Å². The van der Waals surface area contributed by atoms with E-state index in [2.05, 4.69) is 5.32 Å². The molecule has 0 atom stereocenters. The van der Waals surface area contributed by atoms with Crippen LogP contribution in [0.25, 0.3) is 0 Å². The van der Waals surface area contributed by atoms with Gasteiger partial charge in [-0.15, -0.1) is 0 Å². The summed E-state index contributed by atoms with van der Waals surface area (Å²) in [7, 11) is -2.58. The van der Waals surface area contributed by atoms with E-state index in [1.54, 1.807) is 31.2 Å². The van der Waals surface area contributed by atoms with Gasteiger partial charge in [0.1, 0.15) is 10.6 Å².